The van der Waals surface area contributed by atoms with Gasteiger partial charge in [0.25, 0.3) is 0 Å². The lowest BCUT2D eigenvalue weighted by Gasteiger charge is -2.27. The average Bonchev–Trinajstić information content (AvgIpc) is 3.22. The van der Waals surface area contributed by atoms with Crippen LogP contribution in [-0.2, 0) is 4.79 Å². The number of ether oxygens (including phenoxy) is 1. The molecule has 160 valence electrons. The Morgan fingerprint density at radius 1 is 1.30 bits per heavy atom. The molecule has 1 aliphatic heterocycles. The van der Waals surface area contributed by atoms with Crippen molar-refractivity contribution in [1.29, 1.82) is 0 Å². The summed E-state index contributed by atoms with van der Waals surface area (Å²) in [5.74, 6) is 2.51. The van der Waals surface area contributed by atoms with Crippen LogP contribution in [0, 0.1) is 11.7 Å². The number of benzene rings is 1. The van der Waals surface area contributed by atoms with E-state index in [1.807, 2.05) is 23.2 Å². The molecule has 0 bridgehead atoms. The second-order valence-corrected chi connectivity index (χ2v) is 8.63. The third-order valence-corrected chi connectivity index (χ3v) is 6.58. The first-order valence-electron chi connectivity index (χ1n) is 10.8. The number of rotatable bonds is 6. The van der Waals surface area contributed by atoms with Crippen LogP contribution in [0.1, 0.15) is 55.6 Å². The molecule has 1 aliphatic carbocycles. The molecule has 2 aromatic rings. The molecule has 1 aromatic heterocycles. The van der Waals surface area contributed by atoms with Gasteiger partial charge < -0.3 is 15.0 Å². The molecule has 0 spiro atoms. The third kappa shape index (κ3) is 4.58. The van der Waals surface area contributed by atoms with E-state index in [0.717, 1.165) is 30.8 Å². The maximum absolute atomic E-state index is 13.7. The highest BCUT2D eigenvalue weighted by Crippen LogP contribution is 2.42. The number of carbonyl (C=O) groups is 1. The van der Waals surface area contributed by atoms with Crippen LogP contribution in [0.2, 0.25) is 0 Å². The maximum Gasteiger partial charge on any atom is 0.239 e. The van der Waals surface area contributed by atoms with Gasteiger partial charge in [-0.2, -0.15) is 0 Å². The minimum atomic E-state index is -0.310. The molecule has 0 unspecified atom stereocenters. The molecule has 0 radical (unpaired) electrons. The molecule has 6 heteroatoms. The summed E-state index contributed by atoms with van der Waals surface area (Å²) in [4.78, 5) is 18.3. The minimum absolute atomic E-state index is 0.0543. The number of piperazine rings is 1. The molecule has 1 aromatic carbocycles. The Labute approximate surface area is 177 Å². The molecule has 4 rings (SSSR count). The summed E-state index contributed by atoms with van der Waals surface area (Å²) in [6.45, 7) is 4.06. The van der Waals surface area contributed by atoms with Gasteiger partial charge in [-0.3, -0.25) is 4.79 Å². The highest BCUT2D eigenvalue weighted by atomic mass is 19.1. The molecule has 2 fully saturated rings. The summed E-state index contributed by atoms with van der Waals surface area (Å²) < 4.78 is 18.8. The van der Waals surface area contributed by atoms with E-state index in [1.54, 1.807) is 0 Å². The van der Waals surface area contributed by atoms with Crippen molar-refractivity contribution in [1.82, 2.24) is 10.3 Å². The summed E-state index contributed by atoms with van der Waals surface area (Å²) in [5.41, 5.74) is 2.42. The lowest BCUT2D eigenvalue weighted by atomic mass is 9.88. The zero-order chi connectivity index (χ0) is 21.1. The smallest absolute Gasteiger partial charge is 0.239 e. The predicted molar refractivity (Wildman–Crippen MR) is 116 cm³/mol. The molecule has 2 heterocycles. The number of carbonyl (C=O) groups excluding carboxylic acids is 1. The summed E-state index contributed by atoms with van der Waals surface area (Å²) in [5, 5.41) is 2.85. The van der Waals surface area contributed by atoms with Gasteiger partial charge in [0.1, 0.15) is 5.82 Å². The van der Waals surface area contributed by atoms with Gasteiger partial charge >= 0.3 is 0 Å². The molecule has 1 saturated carbocycles. The van der Waals surface area contributed by atoms with Crippen LogP contribution in [-0.4, -0.2) is 37.6 Å². The number of nitrogens with one attached hydrogen (secondary N) is 1. The Bertz CT molecular complexity index is 887. The van der Waals surface area contributed by atoms with Crippen LogP contribution in [0.3, 0.4) is 0 Å². The first kappa shape index (κ1) is 20.6. The molecular weight excluding hydrogens is 381 g/mol. The van der Waals surface area contributed by atoms with Crippen LogP contribution < -0.4 is 15.0 Å². The van der Waals surface area contributed by atoms with E-state index in [1.165, 1.54) is 31.6 Å². The number of hydrogen-bond donors (Lipinski definition) is 1. The summed E-state index contributed by atoms with van der Waals surface area (Å²) in [6.07, 6.45) is 6.64. The summed E-state index contributed by atoms with van der Waals surface area (Å²) in [6, 6.07) is 9.43. The van der Waals surface area contributed by atoms with Crippen LogP contribution in [0.15, 0.2) is 36.5 Å². The second kappa shape index (κ2) is 9.02. The van der Waals surface area contributed by atoms with Crippen LogP contribution in [0.25, 0.3) is 0 Å². The number of amides is 1. The highest BCUT2D eigenvalue weighted by molar-refractivity contribution is 5.82. The molecular formula is C24H30FN3O2. The van der Waals surface area contributed by atoms with E-state index in [9.17, 15) is 9.18 Å². The standard InChI is InChI=1S/C24H30FN3O2/c1-16(18-5-7-21(25)22(13-18)30-2)11-17-3-4-19(12-17)20-6-8-23(27-14-20)28-10-9-26-24(29)15-28/h5-8,13-14,16-17,19H,3-4,9-12,15H2,1-2H3,(H,26,29)/t16-,17+,19+/m0/s1. The van der Waals surface area contributed by atoms with E-state index in [2.05, 4.69) is 29.4 Å². The fraction of sp³-hybridized carbons (Fsp3) is 0.500. The molecule has 3 atom stereocenters. The maximum atomic E-state index is 13.7. The van der Waals surface area contributed by atoms with E-state index in [0.29, 0.717) is 36.6 Å². The van der Waals surface area contributed by atoms with E-state index in [-0.39, 0.29) is 11.7 Å². The van der Waals surface area contributed by atoms with Crippen LogP contribution in [0.4, 0.5) is 10.2 Å². The van der Waals surface area contributed by atoms with Gasteiger partial charge in [-0.15, -0.1) is 0 Å². The van der Waals surface area contributed by atoms with Gasteiger partial charge in [-0.1, -0.05) is 19.1 Å². The quantitative estimate of drug-likeness (QED) is 0.772. The zero-order valence-corrected chi connectivity index (χ0v) is 17.7. The molecule has 30 heavy (non-hydrogen) atoms. The van der Waals surface area contributed by atoms with E-state index in [4.69, 9.17) is 4.74 Å². The molecule has 1 amide bonds. The van der Waals surface area contributed by atoms with Gasteiger partial charge in [0.05, 0.1) is 13.7 Å². The minimum Gasteiger partial charge on any atom is -0.494 e. The van der Waals surface area contributed by atoms with Crippen molar-refractivity contribution in [2.45, 2.75) is 44.4 Å². The number of anilines is 1. The molecule has 1 N–H and O–H groups in total. The first-order chi connectivity index (χ1) is 14.5. The van der Waals surface area contributed by atoms with Gasteiger partial charge in [-0.05, 0) is 72.8 Å². The van der Waals surface area contributed by atoms with E-state index < -0.39 is 0 Å². The first-order valence-corrected chi connectivity index (χ1v) is 10.8. The van der Waals surface area contributed by atoms with Crippen LogP contribution >= 0.6 is 0 Å². The fourth-order valence-electron chi connectivity index (χ4n) is 4.87. The topological polar surface area (TPSA) is 54.5 Å². The van der Waals surface area contributed by atoms with Gasteiger partial charge in [0.2, 0.25) is 5.91 Å². The lowest BCUT2D eigenvalue weighted by Crippen LogP contribution is -2.48. The lowest BCUT2D eigenvalue weighted by molar-refractivity contribution is -0.120. The number of aromatic nitrogens is 1. The second-order valence-electron chi connectivity index (χ2n) is 8.63. The highest BCUT2D eigenvalue weighted by Gasteiger charge is 2.28. The van der Waals surface area contributed by atoms with Crippen LogP contribution in [0.5, 0.6) is 5.75 Å². The largest absolute Gasteiger partial charge is 0.494 e. The van der Waals surface area contributed by atoms with Crippen molar-refractivity contribution in [3.05, 3.63) is 53.5 Å². The SMILES string of the molecule is COc1cc([C@@H](C)C[C@H]2CC[C@@H](c3ccc(N4CCNC(=O)C4)nc3)C2)ccc1F. The molecule has 5 nitrogen and oxygen atoms in total. The van der Waals surface area contributed by atoms with Crippen molar-refractivity contribution in [2.24, 2.45) is 5.92 Å². The number of methoxy groups -OCH3 is 1. The molecule has 1 saturated heterocycles. The van der Waals surface area contributed by atoms with Crippen molar-refractivity contribution < 1.29 is 13.9 Å². The van der Waals surface area contributed by atoms with Gasteiger partial charge in [0.15, 0.2) is 11.6 Å². The summed E-state index contributed by atoms with van der Waals surface area (Å²) in [7, 11) is 1.51. The normalized spacial score (nSPS) is 22.6. The van der Waals surface area contributed by atoms with Crippen molar-refractivity contribution in [3.8, 4) is 5.75 Å². The Morgan fingerprint density at radius 3 is 2.90 bits per heavy atom. The monoisotopic (exact) mass is 411 g/mol. The Balaban J connectivity index is 1.34. The average molecular weight is 412 g/mol. The fourth-order valence-corrected chi connectivity index (χ4v) is 4.87. The predicted octanol–water partition coefficient (Wildman–Crippen LogP) is 4.24. The third-order valence-electron chi connectivity index (χ3n) is 6.58. The zero-order valence-electron chi connectivity index (χ0n) is 17.7. The van der Waals surface area contributed by atoms with Crippen molar-refractivity contribution >= 4 is 11.7 Å². The van der Waals surface area contributed by atoms with Gasteiger partial charge in [0, 0.05) is 19.3 Å². The number of halogens is 1. The summed E-state index contributed by atoms with van der Waals surface area (Å²) >= 11 is 0. The molecule has 2 aliphatic rings. The Kier molecular flexibility index (Phi) is 6.21. The van der Waals surface area contributed by atoms with Crippen molar-refractivity contribution in [3.63, 3.8) is 0 Å². The number of pyridine rings is 1. The number of nitrogens with zero attached hydrogens (tertiary/aromatic N) is 2. The number of hydrogen-bond acceptors (Lipinski definition) is 4. The van der Waals surface area contributed by atoms with Crippen molar-refractivity contribution in [2.75, 3.05) is 31.6 Å². The van der Waals surface area contributed by atoms with Gasteiger partial charge in [-0.25, -0.2) is 9.37 Å². The Hall–Kier alpha value is -2.63. The van der Waals surface area contributed by atoms with E-state index >= 15 is 0 Å². The Morgan fingerprint density at radius 2 is 2.17 bits per heavy atom.